The quantitative estimate of drug-likeness (QED) is 0.421. The number of carbonyl (C=O) groups excluding carboxylic acids is 1. The number of rotatable bonds is 5. The van der Waals surface area contributed by atoms with Crippen LogP contribution in [0.1, 0.15) is 16.4 Å². The monoisotopic (exact) mass is 474 g/mol. The van der Waals surface area contributed by atoms with E-state index in [1.165, 1.54) is 11.3 Å². The first-order valence-electron chi connectivity index (χ1n) is 10.6. The number of hydrogen-bond acceptors (Lipinski definition) is 5. The minimum absolute atomic E-state index is 0.0316. The summed E-state index contributed by atoms with van der Waals surface area (Å²) >= 11 is 2.81. The number of anilines is 1. The molecule has 7 heteroatoms. The zero-order valence-corrected chi connectivity index (χ0v) is 19.6. The molecule has 1 amide bonds. The minimum Gasteiger partial charge on any atom is -0.497 e. The van der Waals surface area contributed by atoms with Gasteiger partial charge in [-0.15, -0.1) is 11.8 Å². The van der Waals surface area contributed by atoms with Crippen LogP contribution in [0.3, 0.4) is 0 Å². The van der Waals surface area contributed by atoms with Crippen molar-refractivity contribution >= 4 is 34.7 Å². The van der Waals surface area contributed by atoms with Gasteiger partial charge in [0, 0.05) is 22.2 Å². The highest BCUT2D eigenvalue weighted by atomic mass is 32.2. The van der Waals surface area contributed by atoms with Crippen LogP contribution in [0.15, 0.2) is 94.7 Å². The summed E-state index contributed by atoms with van der Waals surface area (Å²) in [7, 11) is 1.61. The fourth-order valence-corrected chi connectivity index (χ4v) is 6.85. The molecule has 1 aliphatic heterocycles. The van der Waals surface area contributed by atoms with Gasteiger partial charge in [0.05, 0.1) is 23.7 Å². The molecule has 0 unspecified atom stereocenters. The maximum atomic E-state index is 13.4. The number of thiazole rings is 1. The van der Waals surface area contributed by atoms with Crippen LogP contribution in [0.2, 0.25) is 0 Å². The predicted molar refractivity (Wildman–Crippen MR) is 134 cm³/mol. The second-order valence-electron chi connectivity index (χ2n) is 7.73. The van der Waals surface area contributed by atoms with Crippen LogP contribution in [-0.4, -0.2) is 23.3 Å². The fraction of sp³-hybridized carbons (Fsp3) is 0.154. The second kappa shape index (κ2) is 9.29. The summed E-state index contributed by atoms with van der Waals surface area (Å²) in [6.45, 7) is 0. The first kappa shape index (κ1) is 21.6. The van der Waals surface area contributed by atoms with E-state index < -0.39 is 0 Å². The summed E-state index contributed by atoms with van der Waals surface area (Å²) in [5.41, 5.74) is 2.61. The third kappa shape index (κ3) is 4.21. The van der Waals surface area contributed by atoms with E-state index in [1.54, 1.807) is 23.4 Å². The van der Waals surface area contributed by atoms with Gasteiger partial charge in [-0.25, -0.2) is 0 Å². The standard InChI is InChI=1S/C26H22N2O3S2/c1-31-20-14-12-18(13-15-20)27-24(29)21-16-32-25-23(22(21)17-8-4-2-5-9-17)33-26(30)28(25)19-10-6-3-7-11-19/h2-15,21-22H,16H2,1H3,(H,27,29)/t21-,22-/m1/s1. The van der Waals surface area contributed by atoms with E-state index in [0.29, 0.717) is 5.75 Å². The molecule has 33 heavy (non-hydrogen) atoms. The molecule has 2 atom stereocenters. The molecule has 0 spiro atoms. The lowest BCUT2D eigenvalue weighted by atomic mass is 9.85. The minimum atomic E-state index is -0.311. The Morgan fingerprint density at radius 2 is 1.64 bits per heavy atom. The van der Waals surface area contributed by atoms with Crippen LogP contribution < -0.4 is 14.9 Å². The summed E-state index contributed by atoms with van der Waals surface area (Å²) in [5, 5.41) is 3.99. The number of hydrogen-bond donors (Lipinski definition) is 1. The Morgan fingerprint density at radius 1 is 0.970 bits per heavy atom. The van der Waals surface area contributed by atoms with Gasteiger partial charge in [0.25, 0.3) is 0 Å². The molecule has 0 saturated carbocycles. The smallest absolute Gasteiger partial charge is 0.312 e. The molecule has 1 aliphatic rings. The van der Waals surface area contributed by atoms with Crippen molar-refractivity contribution in [3.8, 4) is 11.4 Å². The molecule has 0 aliphatic carbocycles. The zero-order chi connectivity index (χ0) is 22.8. The third-order valence-corrected chi connectivity index (χ3v) is 8.10. The average Bonchev–Trinajstić information content (AvgIpc) is 3.20. The van der Waals surface area contributed by atoms with E-state index in [-0.39, 0.29) is 22.6 Å². The molecule has 1 aromatic heterocycles. The molecule has 5 rings (SSSR count). The molecule has 3 aromatic carbocycles. The van der Waals surface area contributed by atoms with Crippen molar-refractivity contribution in [1.29, 1.82) is 0 Å². The molecule has 4 aromatic rings. The van der Waals surface area contributed by atoms with Crippen molar-refractivity contribution < 1.29 is 9.53 Å². The van der Waals surface area contributed by atoms with Crippen molar-refractivity contribution in [3.05, 3.63) is 105 Å². The Hall–Kier alpha value is -3.29. The number of amides is 1. The second-order valence-corrected chi connectivity index (χ2v) is 9.73. The first-order valence-corrected chi connectivity index (χ1v) is 12.4. The van der Waals surface area contributed by atoms with Gasteiger partial charge >= 0.3 is 4.87 Å². The summed E-state index contributed by atoms with van der Waals surface area (Å²) in [6, 6.07) is 27.0. The lowest BCUT2D eigenvalue weighted by Gasteiger charge is -2.31. The molecule has 5 nitrogen and oxygen atoms in total. The molecular weight excluding hydrogens is 452 g/mol. The molecule has 0 saturated heterocycles. The van der Waals surface area contributed by atoms with Crippen LogP contribution in [-0.2, 0) is 4.79 Å². The highest BCUT2D eigenvalue weighted by molar-refractivity contribution is 7.99. The van der Waals surface area contributed by atoms with E-state index in [1.807, 2.05) is 84.9 Å². The molecule has 1 N–H and O–H groups in total. The van der Waals surface area contributed by atoms with Gasteiger partial charge in [-0.3, -0.25) is 14.2 Å². The van der Waals surface area contributed by atoms with Crippen molar-refractivity contribution in [1.82, 2.24) is 4.57 Å². The SMILES string of the molecule is COc1ccc(NC(=O)[C@@H]2CSc3c(sc(=O)n3-c3ccccc3)[C@@H]2c2ccccc2)cc1. The topological polar surface area (TPSA) is 60.3 Å². The molecule has 166 valence electrons. The number of nitrogens with one attached hydrogen (secondary N) is 1. The maximum absolute atomic E-state index is 13.4. The number of benzene rings is 3. The first-order chi connectivity index (χ1) is 16.2. The van der Waals surface area contributed by atoms with Gasteiger partial charge in [-0.2, -0.15) is 0 Å². The van der Waals surface area contributed by atoms with Crippen molar-refractivity contribution in [2.45, 2.75) is 10.9 Å². The molecule has 0 bridgehead atoms. The predicted octanol–water partition coefficient (Wildman–Crippen LogP) is 5.40. The lowest BCUT2D eigenvalue weighted by Crippen LogP contribution is -2.33. The Balaban J connectivity index is 1.54. The Labute approximate surface area is 200 Å². The third-order valence-electron chi connectivity index (χ3n) is 5.75. The van der Waals surface area contributed by atoms with Gasteiger partial charge in [0.2, 0.25) is 5.91 Å². The van der Waals surface area contributed by atoms with Crippen LogP contribution in [0, 0.1) is 5.92 Å². The summed E-state index contributed by atoms with van der Waals surface area (Å²) in [4.78, 5) is 27.4. The number of aromatic nitrogens is 1. The van der Waals surface area contributed by atoms with E-state index >= 15 is 0 Å². The number of ether oxygens (including phenoxy) is 1. The fourth-order valence-electron chi connectivity index (χ4n) is 4.14. The number of thioether (sulfide) groups is 1. The van der Waals surface area contributed by atoms with Gasteiger partial charge in [-0.05, 0) is 42.0 Å². The summed E-state index contributed by atoms with van der Waals surface area (Å²) in [5.74, 6) is 0.759. The van der Waals surface area contributed by atoms with Crippen molar-refractivity contribution in [2.24, 2.45) is 5.92 Å². The van der Waals surface area contributed by atoms with Crippen LogP contribution in [0.25, 0.3) is 5.69 Å². The Morgan fingerprint density at radius 3 is 2.30 bits per heavy atom. The van der Waals surface area contributed by atoms with Crippen LogP contribution in [0.4, 0.5) is 5.69 Å². The van der Waals surface area contributed by atoms with E-state index in [2.05, 4.69) is 5.32 Å². The largest absolute Gasteiger partial charge is 0.497 e. The maximum Gasteiger partial charge on any atom is 0.312 e. The van der Waals surface area contributed by atoms with Gasteiger partial charge < -0.3 is 10.1 Å². The Bertz CT molecular complexity index is 1320. The van der Waals surface area contributed by atoms with E-state index in [9.17, 15) is 9.59 Å². The number of para-hydroxylation sites is 1. The molecule has 0 fully saturated rings. The highest BCUT2D eigenvalue weighted by Crippen LogP contribution is 2.47. The molecule has 0 radical (unpaired) electrons. The number of nitrogens with zero attached hydrogens (tertiary/aromatic N) is 1. The van der Waals surface area contributed by atoms with E-state index in [4.69, 9.17) is 4.74 Å². The van der Waals surface area contributed by atoms with Gasteiger partial charge in [0.15, 0.2) is 0 Å². The highest BCUT2D eigenvalue weighted by Gasteiger charge is 2.39. The molecular formula is C26H22N2O3S2. The lowest BCUT2D eigenvalue weighted by molar-refractivity contribution is -0.119. The number of carbonyl (C=O) groups is 1. The molecule has 2 heterocycles. The summed E-state index contributed by atoms with van der Waals surface area (Å²) in [6.07, 6.45) is 0. The average molecular weight is 475 g/mol. The zero-order valence-electron chi connectivity index (χ0n) is 17.9. The van der Waals surface area contributed by atoms with Crippen LogP contribution in [0.5, 0.6) is 5.75 Å². The van der Waals surface area contributed by atoms with Crippen LogP contribution >= 0.6 is 23.1 Å². The van der Waals surface area contributed by atoms with Gasteiger partial charge in [0.1, 0.15) is 5.75 Å². The van der Waals surface area contributed by atoms with Crippen molar-refractivity contribution in [3.63, 3.8) is 0 Å². The van der Waals surface area contributed by atoms with E-state index in [0.717, 1.165) is 32.6 Å². The number of fused-ring (bicyclic) bond motifs is 1. The number of methoxy groups -OCH3 is 1. The summed E-state index contributed by atoms with van der Waals surface area (Å²) < 4.78 is 6.98. The Kier molecular flexibility index (Phi) is 6.07. The van der Waals surface area contributed by atoms with Crippen molar-refractivity contribution in [2.75, 3.05) is 18.2 Å². The normalized spacial score (nSPS) is 17.2. The van der Waals surface area contributed by atoms with Gasteiger partial charge in [-0.1, -0.05) is 59.9 Å².